The van der Waals surface area contributed by atoms with E-state index in [9.17, 15) is 4.39 Å². The highest BCUT2D eigenvalue weighted by Gasteiger charge is 2.51. The number of fused-ring (bicyclic) bond motifs is 3. The highest BCUT2D eigenvalue weighted by molar-refractivity contribution is 9.28. The standard InChI is InChI=1S/C18H17Br2FN2O/c19-14(20)11-17-5-8-18(9-6-17,10-7-17)16-22-15(23-24-16)12-1-3-13(21)4-2-12/h1-4,11H,5-10H2. The Balaban J connectivity index is 1.58. The Kier molecular flexibility index (Phi) is 4.15. The van der Waals surface area contributed by atoms with E-state index < -0.39 is 0 Å². The highest BCUT2D eigenvalue weighted by atomic mass is 79.9. The van der Waals surface area contributed by atoms with Crippen LogP contribution in [0.3, 0.4) is 0 Å². The van der Waals surface area contributed by atoms with Crippen molar-refractivity contribution >= 4 is 31.9 Å². The summed E-state index contributed by atoms with van der Waals surface area (Å²) in [4.78, 5) is 4.65. The second-order valence-corrected chi connectivity index (χ2v) is 9.78. The largest absolute Gasteiger partial charge is 0.338 e. The zero-order chi connectivity index (χ0) is 16.8. The van der Waals surface area contributed by atoms with Gasteiger partial charge in [0.15, 0.2) is 0 Å². The van der Waals surface area contributed by atoms with Crippen LogP contribution < -0.4 is 0 Å². The van der Waals surface area contributed by atoms with Gasteiger partial charge in [0.25, 0.3) is 0 Å². The summed E-state index contributed by atoms with van der Waals surface area (Å²) in [6, 6.07) is 6.22. The molecule has 3 fully saturated rings. The Labute approximate surface area is 157 Å². The van der Waals surface area contributed by atoms with Gasteiger partial charge in [-0.25, -0.2) is 4.39 Å². The van der Waals surface area contributed by atoms with Gasteiger partial charge in [-0.15, -0.1) is 0 Å². The van der Waals surface area contributed by atoms with E-state index >= 15 is 0 Å². The van der Waals surface area contributed by atoms with E-state index in [0.29, 0.717) is 11.2 Å². The topological polar surface area (TPSA) is 38.9 Å². The second-order valence-electron chi connectivity index (χ2n) is 7.01. The summed E-state index contributed by atoms with van der Waals surface area (Å²) < 4.78 is 19.7. The third-order valence-electron chi connectivity index (χ3n) is 5.70. The van der Waals surface area contributed by atoms with E-state index in [1.807, 2.05) is 0 Å². The molecule has 1 aromatic carbocycles. The van der Waals surface area contributed by atoms with E-state index in [4.69, 9.17) is 4.52 Å². The van der Waals surface area contributed by atoms with Crippen molar-refractivity contribution in [2.75, 3.05) is 0 Å². The van der Waals surface area contributed by atoms with Crippen molar-refractivity contribution in [1.29, 1.82) is 0 Å². The molecule has 3 saturated carbocycles. The number of hydrogen-bond donors (Lipinski definition) is 0. The zero-order valence-electron chi connectivity index (χ0n) is 13.1. The van der Waals surface area contributed by atoms with Crippen LogP contribution in [0.2, 0.25) is 0 Å². The fraction of sp³-hybridized carbons (Fsp3) is 0.444. The van der Waals surface area contributed by atoms with Crippen LogP contribution in [0.25, 0.3) is 11.4 Å². The average Bonchev–Trinajstić information content (AvgIpc) is 3.07. The summed E-state index contributed by atoms with van der Waals surface area (Å²) in [5.41, 5.74) is 1.10. The van der Waals surface area contributed by atoms with Crippen LogP contribution in [0.4, 0.5) is 4.39 Å². The molecule has 0 atom stereocenters. The Bertz CT molecular complexity index is 756. The van der Waals surface area contributed by atoms with Gasteiger partial charge in [0, 0.05) is 11.0 Å². The molecule has 3 nitrogen and oxygen atoms in total. The van der Waals surface area contributed by atoms with Gasteiger partial charge in [-0.05, 0) is 100 Å². The molecule has 1 heterocycles. The maximum Gasteiger partial charge on any atom is 0.233 e. The van der Waals surface area contributed by atoms with Crippen molar-refractivity contribution in [3.63, 3.8) is 0 Å². The van der Waals surface area contributed by atoms with Crippen molar-refractivity contribution < 1.29 is 8.91 Å². The Morgan fingerprint density at radius 1 is 1.04 bits per heavy atom. The van der Waals surface area contributed by atoms with Crippen molar-refractivity contribution in [2.24, 2.45) is 5.41 Å². The smallest absolute Gasteiger partial charge is 0.233 e. The number of aromatic nitrogens is 2. The molecule has 2 aromatic rings. The molecule has 0 N–H and O–H groups in total. The number of rotatable bonds is 3. The van der Waals surface area contributed by atoms with Gasteiger partial charge in [0.1, 0.15) is 5.82 Å². The van der Waals surface area contributed by atoms with Gasteiger partial charge in [-0.3, -0.25) is 0 Å². The molecular formula is C18H17Br2FN2O. The summed E-state index contributed by atoms with van der Waals surface area (Å²) in [5.74, 6) is 1.03. The lowest BCUT2D eigenvalue weighted by Gasteiger charge is -2.50. The third-order valence-corrected chi connectivity index (χ3v) is 6.16. The van der Waals surface area contributed by atoms with Gasteiger partial charge in [-0.2, -0.15) is 4.98 Å². The quantitative estimate of drug-likeness (QED) is 0.561. The Morgan fingerprint density at radius 2 is 1.67 bits per heavy atom. The van der Waals surface area contributed by atoms with E-state index in [1.54, 1.807) is 12.1 Å². The first-order valence-corrected chi connectivity index (χ1v) is 9.73. The molecule has 6 heteroatoms. The molecule has 126 valence electrons. The van der Waals surface area contributed by atoms with Crippen LogP contribution in [0.15, 0.2) is 38.3 Å². The van der Waals surface area contributed by atoms with Crippen molar-refractivity contribution in [3.8, 4) is 11.4 Å². The second kappa shape index (κ2) is 6.06. The first-order valence-electron chi connectivity index (χ1n) is 8.14. The molecule has 3 aliphatic carbocycles. The maximum absolute atomic E-state index is 13.1. The normalized spacial score (nSPS) is 28.8. The molecule has 0 radical (unpaired) electrons. The molecule has 24 heavy (non-hydrogen) atoms. The summed E-state index contributed by atoms with van der Waals surface area (Å²) >= 11 is 7.01. The number of benzene rings is 1. The minimum absolute atomic E-state index is 0.0136. The lowest BCUT2D eigenvalue weighted by atomic mass is 9.54. The first-order chi connectivity index (χ1) is 11.5. The van der Waals surface area contributed by atoms with E-state index in [0.717, 1.165) is 53.4 Å². The monoisotopic (exact) mass is 454 g/mol. The minimum atomic E-state index is -0.261. The SMILES string of the molecule is Fc1ccc(-c2noc(C34CCC(C=C(Br)Br)(CC3)CC4)n2)cc1. The van der Waals surface area contributed by atoms with Crippen LogP contribution >= 0.6 is 31.9 Å². The van der Waals surface area contributed by atoms with Gasteiger partial charge in [0.05, 0.1) is 3.39 Å². The van der Waals surface area contributed by atoms with Crippen LogP contribution in [-0.2, 0) is 5.41 Å². The van der Waals surface area contributed by atoms with Gasteiger partial charge >= 0.3 is 0 Å². The molecular weight excluding hydrogens is 439 g/mol. The number of allylic oxidation sites excluding steroid dienone is 1. The lowest BCUT2D eigenvalue weighted by molar-refractivity contribution is 0.0565. The summed E-state index contributed by atoms with van der Waals surface area (Å²) in [6.45, 7) is 0. The van der Waals surface area contributed by atoms with Crippen LogP contribution in [0.5, 0.6) is 0 Å². The Morgan fingerprint density at radius 3 is 2.25 bits per heavy atom. The average molecular weight is 456 g/mol. The Hall–Kier alpha value is -1.01. The fourth-order valence-electron chi connectivity index (χ4n) is 4.14. The number of halogens is 3. The molecule has 2 bridgehead atoms. The van der Waals surface area contributed by atoms with Gasteiger partial charge < -0.3 is 4.52 Å². The van der Waals surface area contributed by atoms with E-state index in [1.165, 1.54) is 12.1 Å². The predicted octanol–water partition coefficient (Wildman–Crippen LogP) is 6.10. The lowest BCUT2D eigenvalue weighted by Crippen LogP contribution is -2.43. The number of hydrogen-bond acceptors (Lipinski definition) is 3. The van der Waals surface area contributed by atoms with E-state index in [-0.39, 0.29) is 11.2 Å². The molecule has 0 spiro atoms. The zero-order valence-corrected chi connectivity index (χ0v) is 16.2. The molecule has 0 aliphatic heterocycles. The molecule has 0 unspecified atom stereocenters. The summed E-state index contributed by atoms with van der Waals surface area (Å²) in [7, 11) is 0. The summed E-state index contributed by atoms with van der Waals surface area (Å²) in [5, 5.41) is 4.13. The maximum atomic E-state index is 13.1. The van der Waals surface area contributed by atoms with Gasteiger partial charge in [0.2, 0.25) is 11.7 Å². The van der Waals surface area contributed by atoms with Crippen LogP contribution in [0.1, 0.15) is 44.4 Å². The molecule has 3 aliphatic rings. The molecule has 1 aromatic heterocycles. The van der Waals surface area contributed by atoms with Crippen LogP contribution in [0, 0.1) is 11.2 Å². The minimum Gasteiger partial charge on any atom is -0.338 e. The molecule has 5 rings (SSSR count). The first kappa shape index (κ1) is 16.5. The highest BCUT2D eigenvalue weighted by Crippen LogP contribution is 2.58. The summed E-state index contributed by atoms with van der Waals surface area (Å²) in [6.07, 6.45) is 8.95. The third kappa shape index (κ3) is 2.88. The number of nitrogens with zero attached hydrogens (tertiary/aromatic N) is 2. The molecule has 0 amide bonds. The van der Waals surface area contributed by atoms with Gasteiger partial charge in [-0.1, -0.05) is 11.2 Å². The van der Waals surface area contributed by atoms with E-state index in [2.05, 4.69) is 48.1 Å². The van der Waals surface area contributed by atoms with Crippen LogP contribution in [-0.4, -0.2) is 10.1 Å². The van der Waals surface area contributed by atoms with Crippen molar-refractivity contribution in [1.82, 2.24) is 10.1 Å². The van der Waals surface area contributed by atoms with Crippen molar-refractivity contribution in [3.05, 3.63) is 45.4 Å². The predicted molar refractivity (Wildman–Crippen MR) is 97.4 cm³/mol. The molecule has 0 saturated heterocycles. The van der Waals surface area contributed by atoms with Crippen molar-refractivity contribution in [2.45, 2.75) is 43.9 Å². The fourth-order valence-corrected chi connectivity index (χ4v) is 5.11.